The Morgan fingerprint density at radius 2 is 1.16 bits per heavy atom. The summed E-state index contributed by atoms with van der Waals surface area (Å²) in [6.07, 6.45) is -4.76. The normalized spacial score (nSPS) is 38.8. The summed E-state index contributed by atoms with van der Waals surface area (Å²) in [6.45, 7) is 14.7. The molecule has 294 valence electrons. The third-order valence-electron chi connectivity index (χ3n) is 12.9. The van der Waals surface area contributed by atoms with E-state index < -0.39 is 82.6 Å². The maximum Gasteiger partial charge on any atom is 0.303 e. The van der Waals surface area contributed by atoms with Crippen LogP contribution in [0.3, 0.4) is 0 Å². The summed E-state index contributed by atoms with van der Waals surface area (Å²) in [5.41, 5.74) is -3.48. The van der Waals surface area contributed by atoms with E-state index in [-0.39, 0.29) is 25.7 Å². The van der Waals surface area contributed by atoms with E-state index in [1.165, 1.54) is 13.8 Å². The number of hydrogen-bond acceptors (Lipinski definition) is 10. The largest absolute Gasteiger partial charge is 0.459 e. The van der Waals surface area contributed by atoms with Crippen LogP contribution in [0, 0.1) is 23.7 Å². The van der Waals surface area contributed by atoms with E-state index in [0.29, 0.717) is 12.0 Å². The predicted molar refractivity (Wildman–Crippen MR) is 203 cm³/mol. The molecule has 1 aliphatic heterocycles. The number of hydrogen-bond donors (Lipinski definition) is 2. The molecule has 1 unspecified atom stereocenters. The van der Waals surface area contributed by atoms with E-state index in [1.54, 1.807) is 6.92 Å². The van der Waals surface area contributed by atoms with Gasteiger partial charge in [0.2, 0.25) is 0 Å². The van der Waals surface area contributed by atoms with Crippen molar-refractivity contribution in [1.29, 1.82) is 0 Å². The van der Waals surface area contributed by atoms with Crippen LogP contribution in [0.25, 0.3) is 0 Å². The Bertz CT molecular complexity index is 1850. The quantitative estimate of drug-likeness (QED) is 0.165. The first kappa shape index (κ1) is 39.3. The van der Waals surface area contributed by atoms with Gasteiger partial charge in [0.15, 0.2) is 0 Å². The lowest BCUT2D eigenvalue weighted by Gasteiger charge is -2.63. The van der Waals surface area contributed by atoms with E-state index in [1.807, 2.05) is 112 Å². The standard InChI is InChI=1S/C45H54O10/c1-27(2)43(48)38(50-24-32-17-11-8-12-18-32)29(4)44(49)35-23-28(3)37(53-30(5)46)45(35)41(52-26-34-21-15-10-16-22-34)42(7,55-45)39(36(44)40(43)54-31(6)47)51-25-33-19-13-9-14-20-33/h8-22,28-29,35-41,48-49H,1,23-26H2,2-7H3/t28-,29+,35-,36-,37-,38-,39-,40+,41+,42?,43-,44-,45+/m0/s1. The maximum absolute atomic E-state index is 14.1. The van der Waals surface area contributed by atoms with Gasteiger partial charge in [0.25, 0.3) is 0 Å². The minimum absolute atomic E-state index is 0.103. The number of aliphatic hydroxyl groups is 2. The predicted octanol–water partition coefficient (Wildman–Crippen LogP) is 6.11. The number of fused-ring (bicyclic) bond motifs is 3. The molecule has 0 radical (unpaired) electrons. The van der Waals surface area contributed by atoms with Crippen LogP contribution >= 0.6 is 0 Å². The molecule has 0 aromatic heterocycles. The number of benzene rings is 3. The van der Waals surface area contributed by atoms with Crippen LogP contribution in [0.5, 0.6) is 0 Å². The summed E-state index contributed by atoms with van der Waals surface area (Å²) in [5, 5.41) is 27.2. The van der Waals surface area contributed by atoms with Crippen LogP contribution in [0.1, 0.15) is 64.7 Å². The van der Waals surface area contributed by atoms with Crippen molar-refractivity contribution in [3.8, 4) is 0 Å². The third kappa shape index (κ3) is 6.35. The van der Waals surface area contributed by atoms with Crippen molar-refractivity contribution in [3.05, 3.63) is 120 Å². The van der Waals surface area contributed by atoms with Crippen LogP contribution in [0.4, 0.5) is 0 Å². The van der Waals surface area contributed by atoms with E-state index in [2.05, 4.69) is 6.58 Å². The molecule has 1 heterocycles. The number of ether oxygens (including phenoxy) is 6. The highest BCUT2D eigenvalue weighted by Gasteiger charge is 2.87. The molecule has 10 heteroatoms. The molecule has 2 bridgehead atoms. The first-order chi connectivity index (χ1) is 26.2. The molecule has 3 aromatic carbocycles. The molecule has 13 atom stereocenters. The highest BCUT2D eigenvalue weighted by atomic mass is 16.7. The fourth-order valence-electron chi connectivity index (χ4n) is 10.7. The second-order valence-corrected chi connectivity index (χ2v) is 16.4. The minimum Gasteiger partial charge on any atom is -0.459 e. The summed E-state index contributed by atoms with van der Waals surface area (Å²) in [7, 11) is 0. The lowest BCUT2D eigenvalue weighted by Crippen LogP contribution is -2.80. The smallest absolute Gasteiger partial charge is 0.303 e. The van der Waals surface area contributed by atoms with E-state index >= 15 is 0 Å². The highest BCUT2D eigenvalue weighted by molar-refractivity contribution is 5.67. The van der Waals surface area contributed by atoms with Gasteiger partial charge in [-0.25, -0.2) is 0 Å². The molecular formula is C45H54O10. The Balaban J connectivity index is 1.45. The van der Waals surface area contributed by atoms with Gasteiger partial charge in [-0.2, -0.15) is 0 Å². The Hall–Kier alpha value is -3.90. The Morgan fingerprint density at radius 1 is 0.709 bits per heavy atom. The molecule has 10 nitrogen and oxygen atoms in total. The molecule has 7 rings (SSSR count). The molecule has 1 saturated heterocycles. The van der Waals surface area contributed by atoms with E-state index in [4.69, 9.17) is 28.4 Å². The first-order valence-electron chi connectivity index (χ1n) is 19.3. The maximum atomic E-state index is 14.1. The number of carbonyl (C=O) groups is 2. The molecule has 55 heavy (non-hydrogen) atoms. The van der Waals surface area contributed by atoms with Gasteiger partial charge in [-0.1, -0.05) is 111 Å². The van der Waals surface area contributed by atoms with Gasteiger partial charge < -0.3 is 38.6 Å². The Kier molecular flexibility index (Phi) is 10.6. The average Bonchev–Trinajstić information content (AvgIpc) is 3.38. The molecule has 1 spiro atoms. The molecular weight excluding hydrogens is 700 g/mol. The van der Waals surface area contributed by atoms with Crippen LogP contribution in [0.2, 0.25) is 0 Å². The van der Waals surface area contributed by atoms with Crippen molar-refractivity contribution in [2.75, 3.05) is 0 Å². The summed E-state index contributed by atoms with van der Waals surface area (Å²) in [5.74, 6) is -4.09. The van der Waals surface area contributed by atoms with Crippen molar-refractivity contribution >= 4 is 11.9 Å². The first-order valence-corrected chi connectivity index (χ1v) is 19.3. The van der Waals surface area contributed by atoms with Gasteiger partial charge >= 0.3 is 11.9 Å². The van der Waals surface area contributed by atoms with Crippen molar-refractivity contribution < 1.29 is 48.2 Å². The topological polar surface area (TPSA) is 130 Å². The molecule has 2 N–H and O–H groups in total. The summed E-state index contributed by atoms with van der Waals surface area (Å²) in [6, 6.07) is 28.9. The average molecular weight is 755 g/mol. The van der Waals surface area contributed by atoms with Gasteiger partial charge in [-0.15, -0.1) is 0 Å². The summed E-state index contributed by atoms with van der Waals surface area (Å²) >= 11 is 0. The zero-order valence-corrected chi connectivity index (χ0v) is 32.6. The Morgan fingerprint density at radius 3 is 1.64 bits per heavy atom. The van der Waals surface area contributed by atoms with Crippen molar-refractivity contribution in [2.45, 2.75) is 121 Å². The number of rotatable bonds is 12. The van der Waals surface area contributed by atoms with Gasteiger partial charge in [-0.05, 0) is 48.4 Å². The van der Waals surface area contributed by atoms with Crippen molar-refractivity contribution in [1.82, 2.24) is 0 Å². The van der Waals surface area contributed by atoms with Crippen molar-refractivity contribution in [2.24, 2.45) is 23.7 Å². The number of esters is 2. The SMILES string of the molecule is C=C(C)[C@@]1(O)[C@H](OC(C)=O)[C@@H]2[C@H](OCc3ccccc3)C3(C)O[C@@]4([C@@H]3OCc3ccccc3)[C@@H](OC(C)=O)[C@@H](C)C[C@H]4[C@@]2(O)[C@H](C)[C@@H]1OCc1ccccc1. The highest BCUT2D eigenvalue weighted by Crippen LogP contribution is 2.71. The zero-order valence-electron chi connectivity index (χ0n) is 32.6. The molecule has 0 amide bonds. The van der Waals surface area contributed by atoms with Gasteiger partial charge in [0.1, 0.15) is 35.1 Å². The fraction of sp³-hybridized carbons (Fsp3) is 0.511. The second kappa shape index (κ2) is 14.9. The molecule has 4 fully saturated rings. The van der Waals surface area contributed by atoms with Crippen molar-refractivity contribution in [3.63, 3.8) is 0 Å². The molecule has 3 aliphatic carbocycles. The van der Waals surface area contributed by atoms with Gasteiger partial charge in [-0.3, -0.25) is 9.59 Å². The molecule has 3 aromatic rings. The summed E-state index contributed by atoms with van der Waals surface area (Å²) < 4.78 is 40.3. The van der Waals surface area contributed by atoms with Gasteiger partial charge in [0.05, 0.1) is 43.5 Å². The zero-order chi connectivity index (χ0) is 39.3. The van der Waals surface area contributed by atoms with Crippen LogP contribution in [0.15, 0.2) is 103 Å². The lowest BCUT2D eigenvalue weighted by molar-refractivity contribution is -0.405. The molecule has 3 saturated carbocycles. The van der Waals surface area contributed by atoms with Gasteiger partial charge in [0, 0.05) is 25.7 Å². The lowest BCUT2D eigenvalue weighted by atomic mass is 9.52. The Labute approximate surface area is 323 Å². The van der Waals surface area contributed by atoms with Crippen LogP contribution in [-0.4, -0.2) is 75.1 Å². The summed E-state index contributed by atoms with van der Waals surface area (Å²) in [4.78, 5) is 26.1. The minimum atomic E-state index is -1.98. The fourth-order valence-corrected chi connectivity index (χ4v) is 10.7. The monoisotopic (exact) mass is 754 g/mol. The van der Waals surface area contributed by atoms with Crippen LogP contribution in [-0.2, 0) is 57.8 Å². The van der Waals surface area contributed by atoms with E-state index in [0.717, 1.165) is 16.7 Å². The van der Waals surface area contributed by atoms with Crippen LogP contribution < -0.4 is 0 Å². The third-order valence-corrected chi connectivity index (χ3v) is 12.9. The number of carbonyl (C=O) groups excluding carboxylic acids is 2. The molecule has 4 aliphatic rings. The second-order valence-electron chi connectivity index (χ2n) is 16.4. The van der Waals surface area contributed by atoms with E-state index in [9.17, 15) is 19.8 Å².